The van der Waals surface area contributed by atoms with E-state index in [9.17, 15) is 19.5 Å². The maximum atomic E-state index is 12.4. The summed E-state index contributed by atoms with van der Waals surface area (Å²) in [7, 11) is 0. The van der Waals surface area contributed by atoms with E-state index < -0.39 is 5.97 Å². The van der Waals surface area contributed by atoms with Gasteiger partial charge in [0.2, 0.25) is 0 Å². The average Bonchev–Trinajstić information content (AvgIpc) is 2.85. The Labute approximate surface area is 207 Å². The smallest absolute Gasteiger partial charge is 0.308 e. The third-order valence-electron chi connectivity index (χ3n) is 5.37. The number of hydrogen-bond donors (Lipinski definition) is 1. The van der Waals surface area contributed by atoms with E-state index in [4.69, 9.17) is 4.74 Å². The van der Waals surface area contributed by atoms with E-state index in [1.807, 2.05) is 54.6 Å². The minimum atomic E-state index is -0.392. The summed E-state index contributed by atoms with van der Waals surface area (Å²) in [4.78, 5) is 35.5. The van der Waals surface area contributed by atoms with Crippen molar-refractivity contribution in [2.45, 2.75) is 6.92 Å². The summed E-state index contributed by atoms with van der Waals surface area (Å²) in [6, 6.07) is 25.1. The van der Waals surface area contributed by atoms with E-state index in [2.05, 4.69) is 0 Å². The van der Waals surface area contributed by atoms with E-state index in [0.717, 1.165) is 18.8 Å². The minimum Gasteiger partial charge on any atom is -0.508 e. The predicted molar refractivity (Wildman–Crippen MR) is 144 cm³/mol. The molecule has 0 aliphatic rings. The van der Waals surface area contributed by atoms with E-state index in [-0.39, 0.29) is 16.6 Å². The highest BCUT2D eigenvalue weighted by Crippen LogP contribution is 2.28. The minimum absolute atomic E-state index is 0.0137. The summed E-state index contributed by atoms with van der Waals surface area (Å²) in [6.07, 6.45) is 0. The van der Waals surface area contributed by atoms with Gasteiger partial charge in [0.15, 0.2) is 10.9 Å². The number of esters is 1. The first-order chi connectivity index (χ1) is 16.9. The third-order valence-corrected chi connectivity index (χ3v) is 7.67. The Bertz CT molecular complexity index is 1870. The Morgan fingerprint density at radius 1 is 0.657 bits per heavy atom. The molecule has 7 heteroatoms. The number of carbonyl (C=O) groups is 1. The zero-order valence-electron chi connectivity index (χ0n) is 18.5. The number of ether oxygens (including phenoxy) is 1. The summed E-state index contributed by atoms with van der Waals surface area (Å²) in [5, 5.41) is 12.0. The highest BCUT2D eigenvalue weighted by atomic mass is 32.1. The van der Waals surface area contributed by atoms with Gasteiger partial charge in [-0.1, -0.05) is 24.3 Å². The molecule has 0 fully saturated rings. The molecule has 0 aliphatic carbocycles. The number of rotatable bonds is 1. The quantitative estimate of drug-likeness (QED) is 0.160. The van der Waals surface area contributed by atoms with Crippen molar-refractivity contribution in [2.75, 3.05) is 0 Å². The van der Waals surface area contributed by atoms with Crippen molar-refractivity contribution in [2.24, 2.45) is 0 Å². The van der Waals surface area contributed by atoms with Crippen molar-refractivity contribution in [1.29, 1.82) is 0 Å². The van der Waals surface area contributed by atoms with Crippen molar-refractivity contribution < 1.29 is 14.6 Å². The molecule has 35 heavy (non-hydrogen) atoms. The van der Waals surface area contributed by atoms with Gasteiger partial charge in [0, 0.05) is 47.3 Å². The fraction of sp³-hybridized carbons (Fsp3) is 0.0357. The van der Waals surface area contributed by atoms with Gasteiger partial charge >= 0.3 is 5.97 Å². The molecular weight excluding hydrogens is 480 g/mol. The van der Waals surface area contributed by atoms with Crippen molar-refractivity contribution in [3.05, 3.63) is 105 Å². The zero-order chi connectivity index (χ0) is 24.5. The van der Waals surface area contributed by atoms with Crippen LogP contribution in [0.5, 0.6) is 11.5 Å². The van der Waals surface area contributed by atoms with Crippen molar-refractivity contribution in [3.63, 3.8) is 0 Å². The normalized spacial score (nSPS) is 10.9. The Morgan fingerprint density at radius 2 is 1.14 bits per heavy atom. The summed E-state index contributed by atoms with van der Waals surface area (Å²) >= 11 is 3.12. The monoisotopic (exact) mass is 498 g/mol. The van der Waals surface area contributed by atoms with Crippen molar-refractivity contribution >= 4 is 69.0 Å². The Hall–Kier alpha value is -4.07. The molecule has 2 heterocycles. The van der Waals surface area contributed by atoms with Crippen LogP contribution in [0.15, 0.2) is 94.5 Å². The van der Waals surface area contributed by atoms with Crippen LogP contribution >= 0.6 is 22.7 Å². The predicted octanol–water partition coefficient (Wildman–Crippen LogP) is 6.46. The van der Waals surface area contributed by atoms with Gasteiger partial charge in [-0.2, -0.15) is 0 Å². The van der Waals surface area contributed by atoms with E-state index in [1.165, 1.54) is 13.0 Å². The zero-order valence-corrected chi connectivity index (χ0v) is 20.1. The number of benzene rings is 4. The second kappa shape index (κ2) is 9.29. The molecular formula is C28H18O5S2. The van der Waals surface area contributed by atoms with Gasteiger partial charge in [-0.3, -0.25) is 14.4 Å². The molecule has 0 saturated heterocycles. The Kier molecular flexibility index (Phi) is 6.03. The van der Waals surface area contributed by atoms with E-state index in [0.29, 0.717) is 27.3 Å². The third kappa shape index (κ3) is 4.51. The lowest BCUT2D eigenvalue weighted by Crippen LogP contribution is -2.04. The lowest BCUT2D eigenvalue weighted by atomic mass is 10.2. The molecule has 0 spiro atoms. The molecule has 0 unspecified atom stereocenters. The summed E-state index contributed by atoms with van der Waals surface area (Å²) in [5.41, 5.74) is -0.0430. The van der Waals surface area contributed by atoms with Crippen LogP contribution in [0.1, 0.15) is 6.92 Å². The van der Waals surface area contributed by atoms with Gasteiger partial charge in [-0.05, 0) is 60.7 Å². The maximum Gasteiger partial charge on any atom is 0.308 e. The molecule has 172 valence electrons. The lowest BCUT2D eigenvalue weighted by molar-refractivity contribution is -0.131. The van der Waals surface area contributed by atoms with Crippen LogP contribution in [0, 0.1) is 0 Å². The summed E-state index contributed by atoms with van der Waals surface area (Å²) in [6.45, 7) is 1.34. The standard InChI is InChI=1S/C15H10O3S.C13H8O2S/c1-9(16)18-10-6-7-14-12(8-10)15(17)11-4-2-3-5-13(11)19-14;14-8-5-6-12-10(7-8)13(15)9-3-1-2-4-11(9)16-12/h2-8H,1H3;1-7,14H. The first kappa shape index (κ1) is 22.7. The van der Waals surface area contributed by atoms with Crippen LogP contribution in [-0.2, 0) is 4.79 Å². The molecule has 6 rings (SSSR count). The second-order valence-corrected chi connectivity index (χ2v) is 9.95. The highest BCUT2D eigenvalue weighted by molar-refractivity contribution is 7.24. The summed E-state index contributed by atoms with van der Waals surface area (Å²) < 4.78 is 8.74. The van der Waals surface area contributed by atoms with Crippen molar-refractivity contribution in [3.8, 4) is 11.5 Å². The summed E-state index contributed by atoms with van der Waals surface area (Å²) in [5.74, 6) is 0.142. The van der Waals surface area contributed by atoms with Crippen LogP contribution in [0.25, 0.3) is 40.3 Å². The fourth-order valence-electron chi connectivity index (χ4n) is 3.80. The first-order valence-corrected chi connectivity index (χ1v) is 12.3. The molecule has 4 aromatic carbocycles. The molecule has 5 nitrogen and oxygen atoms in total. The van der Waals surface area contributed by atoms with E-state index in [1.54, 1.807) is 46.9 Å². The molecule has 0 bridgehead atoms. The Balaban J connectivity index is 0.000000147. The number of phenolic OH excluding ortho intramolecular Hbond substituents is 1. The van der Waals surface area contributed by atoms with Gasteiger partial charge < -0.3 is 9.84 Å². The molecule has 0 amide bonds. The largest absolute Gasteiger partial charge is 0.508 e. The Morgan fingerprint density at radius 3 is 1.71 bits per heavy atom. The fourth-order valence-corrected chi connectivity index (χ4v) is 5.91. The SMILES string of the molecule is CC(=O)Oc1ccc2sc3ccccc3c(=O)c2c1.O=c1c2ccccc2sc2ccc(O)cc12. The lowest BCUT2D eigenvalue weighted by Gasteiger charge is -2.04. The van der Waals surface area contributed by atoms with Gasteiger partial charge in [-0.15, -0.1) is 22.7 Å². The molecule has 0 aliphatic heterocycles. The highest BCUT2D eigenvalue weighted by Gasteiger charge is 2.08. The number of fused-ring (bicyclic) bond motifs is 4. The molecule has 0 radical (unpaired) electrons. The topological polar surface area (TPSA) is 80.7 Å². The first-order valence-electron chi connectivity index (χ1n) is 10.7. The molecule has 6 aromatic rings. The van der Waals surface area contributed by atoms with Crippen LogP contribution in [0.4, 0.5) is 0 Å². The van der Waals surface area contributed by atoms with Crippen LogP contribution in [0.3, 0.4) is 0 Å². The average molecular weight is 499 g/mol. The van der Waals surface area contributed by atoms with Gasteiger partial charge in [-0.25, -0.2) is 0 Å². The van der Waals surface area contributed by atoms with Gasteiger partial charge in [0.1, 0.15) is 11.5 Å². The second-order valence-electron chi connectivity index (χ2n) is 7.79. The van der Waals surface area contributed by atoms with Crippen LogP contribution in [-0.4, -0.2) is 11.1 Å². The molecule has 0 saturated carbocycles. The van der Waals surface area contributed by atoms with Crippen LogP contribution in [0.2, 0.25) is 0 Å². The molecule has 0 atom stereocenters. The van der Waals surface area contributed by atoms with Crippen molar-refractivity contribution in [1.82, 2.24) is 0 Å². The maximum absolute atomic E-state index is 12.4. The molecule has 1 N–H and O–H groups in total. The number of carbonyl (C=O) groups excluding carboxylic acids is 1. The molecule has 2 aromatic heterocycles. The van der Waals surface area contributed by atoms with Crippen LogP contribution < -0.4 is 15.6 Å². The van der Waals surface area contributed by atoms with Gasteiger partial charge in [0.25, 0.3) is 0 Å². The number of phenols is 1. The van der Waals surface area contributed by atoms with Gasteiger partial charge in [0.05, 0.1) is 0 Å². The van der Waals surface area contributed by atoms with E-state index >= 15 is 0 Å². The number of aromatic hydroxyl groups is 1. The number of hydrogen-bond acceptors (Lipinski definition) is 7.